The molecule has 1 saturated carbocycles. The van der Waals surface area contributed by atoms with Gasteiger partial charge in [-0.1, -0.05) is 18.5 Å². The van der Waals surface area contributed by atoms with Gasteiger partial charge in [0.2, 0.25) is 0 Å². The maximum Gasteiger partial charge on any atom is 0.196 e. The minimum Gasteiger partial charge on any atom is -0.355 e. The number of aromatic amines is 1. The van der Waals surface area contributed by atoms with Crippen LogP contribution in [0.15, 0.2) is 34.7 Å². The van der Waals surface area contributed by atoms with Gasteiger partial charge in [0.25, 0.3) is 0 Å². The van der Waals surface area contributed by atoms with Crippen LogP contribution in [0.4, 0.5) is 5.82 Å². The number of nitrogens with two attached hydrogens (primary N) is 1. The summed E-state index contributed by atoms with van der Waals surface area (Å²) in [4.78, 5) is 29.3. The third-order valence-corrected chi connectivity index (χ3v) is 7.66. The number of rotatable bonds is 4. The Kier molecular flexibility index (Phi) is 4.35. The Bertz CT molecular complexity index is 1320. The lowest BCUT2D eigenvalue weighted by Gasteiger charge is -2.19. The normalized spacial score (nSPS) is 22.8. The molecule has 2 aliphatic rings. The molecule has 10 heteroatoms. The van der Waals surface area contributed by atoms with Gasteiger partial charge in [0.1, 0.15) is 17.0 Å². The Balaban J connectivity index is 1.42. The maximum absolute atomic E-state index is 6.74. The van der Waals surface area contributed by atoms with Gasteiger partial charge in [0, 0.05) is 53.7 Å². The summed E-state index contributed by atoms with van der Waals surface area (Å²) in [6, 6.07) is 2.25. The summed E-state index contributed by atoms with van der Waals surface area (Å²) >= 11 is 8.20. The summed E-state index contributed by atoms with van der Waals surface area (Å²) in [5.74, 6) is 0.887. The minimum absolute atomic E-state index is 0.238. The largest absolute Gasteiger partial charge is 0.355 e. The summed E-state index contributed by atoms with van der Waals surface area (Å²) in [6.45, 7) is 3.93. The Morgan fingerprint density at radius 1 is 1.29 bits per heavy atom. The smallest absolute Gasteiger partial charge is 0.196 e. The fourth-order valence-corrected chi connectivity index (χ4v) is 5.62. The monoisotopic (exact) mass is 452 g/mol. The molecule has 6 rings (SSSR count). The van der Waals surface area contributed by atoms with Crippen molar-refractivity contribution in [3.63, 3.8) is 0 Å². The van der Waals surface area contributed by atoms with Gasteiger partial charge < -0.3 is 15.6 Å². The number of hydrogen-bond donors (Lipinski definition) is 2. The number of aryl methyl sites for hydroxylation is 1. The summed E-state index contributed by atoms with van der Waals surface area (Å²) < 4.78 is 0. The molecule has 4 aromatic heterocycles. The summed E-state index contributed by atoms with van der Waals surface area (Å²) in [5, 5.41) is 2.26. The molecule has 2 unspecified atom stereocenters. The van der Waals surface area contributed by atoms with E-state index in [1.54, 1.807) is 18.6 Å². The summed E-state index contributed by atoms with van der Waals surface area (Å²) in [7, 11) is 0. The highest BCUT2D eigenvalue weighted by Crippen LogP contribution is 2.53. The first-order valence-electron chi connectivity index (χ1n) is 10.4. The summed E-state index contributed by atoms with van der Waals surface area (Å²) in [5.41, 5.74) is 9.59. The van der Waals surface area contributed by atoms with Crippen LogP contribution in [-0.2, 0) is 6.42 Å². The molecule has 0 amide bonds. The van der Waals surface area contributed by atoms with Crippen molar-refractivity contribution in [2.24, 2.45) is 11.1 Å². The third kappa shape index (κ3) is 3.14. The zero-order valence-corrected chi connectivity index (χ0v) is 18.5. The number of H-pyrrole nitrogens is 1. The molecule has 4 aromatic rings. The highest BCUT2D eigenvalue weighted by Gasteiger charge is 2.55. The minimum atomic E-state index is 0.238. The molecular weight excluding hydrogens is 432 g/mol. The quantitative estimate of drug-likeness (QED) is 0.452. The molecule has 2 fully saturated rings. The topological polar surface area (TPSA) is 109 Å². The van der Waals surface area contributed by atoms with E-state index in [1.165, 1.54) is 11.8 Å². The fraction of sp³-hybridized carbons (Fsp3) is 0.381. The lowest BCUT2D eigenvalue weighted by atomic mass is 10.1. The molecule has 1 aliphatic heterocycles. The predicted molar refractivity (Wildman–Crippen MR) is 122 cm³/mol. The fourth-order valence-electron chi connectivity index (χ4n) is 4.51. The molecule has 8 nitrogen and oxygen atoms in total. The van der Waals surface area contributed by atoms with E-state index in [0.717, 1.165) is 65.3 Å². The first-order chi connectivity index (χ1) is 15.1. The van der Waals surface area contributed by atoms with Crippen LogP contribution in [0.1, 0.15) is 25.5 Å². The molecule has 1 saturated heterocycles. The molecule has 2 atom stereocenters. The standard InChI is InChI=1S/C21H21ClN8S/c1-2-12-16(22)15-18(27-12)28-20(29-19(15)30-6-3-21(10-30)8-14(21)23)31-11-7-13-17(26-9-11)25-5-4-24-13/h4-5,7,9,14H,2-3,6,8,10,23H2,1H3,(H,27,28,29). The molecule has 0 bridgehead atoms. The second-order valence-corrected chi connectivity index (χ2v) is 9.76. The van der Waals surface area contributed by atoms with Crippen molar-refractivity contribution in [2.75, 3.05) is 18.0 Å². The number of nitrogens with zero attached hydrogens (tertiary/aromatic N) is 6. The van der Waals surface area contributed by atoms with Gasteiger partial charge in [-0.3, -0.25) is 4.98 Å². The van der Waals surface area contributed by atoms with Crippen molar-refractivity contribution in [1.29, 1.82) is 0 Å². The van der Waals surface area contributed by atoms with E-state index in [9.17, 15) is 0 Å². The first kappa shape index (κ1) is 19.2. The summed E-state index contributed by atoms with van der Waals surface area (Å²) in [6.07, 6.45) is 8.07. The second-order valence-electron chi connectivity index (χ2n) is 8.34. The van der Waals surface area contributed by atoms with Crippen LogP contribution in [0.25, 0.3) is 22.2 Å². The molecule has 1 aliphatic carbocycles. The Morgan fingerprint density at radius 2 is 2.13 bits per heavy atom. The van der Waals surface area contributed by atoms with E-state index in [4.69, 9.17) is 27.3 Å². The van der Waals surface area contributed by atoms with Gasteiger partial charge in [0.15, 0.2) is 10.8 Å². The molecule has 31 heavy (non-hydrogen) atoms. The molecule has 5 heterocycles. The van der Waals surface area contributed by atoms with Gasteiger partial charge in [-0.25, -0.2) is 19.9 Å². The molecule has 0 radical (unpaired) electrons. The molecule has 158 valence electrons. The van der Waals surface area contributed by atoms with E-state index in [2.05, 4.69) is 31.8 Å². The van der Waals surface area contributed by atoms with Gasteiger partial charge in [-0.2, -0.15) is 0 Å². The van der Waals surface area contributed by atoms with Crippen LogP contribution in [0.5, 0.6) is 0 Å². The van der Waals surface area contributed by atoms with Crippen LogP contribution in [0.2, 0.25) is 5.02 Å². The number of hydrogen-bond acceptors (Lipinski definition) is 8. The van der Waals surface area contributed by atoms with E-state index in [0.29, 0.717) is 21.9 Å². The van der Waals surface area contributed by atoms with Gasteiger partial charge in [-0.15, -0.1) is 0 Å². The van der Waals surface area contributed by atoms with Crippen LogP contribution in [-0.4, -0.2) is 49.0 Å². The number of halogens is 1. The highest BCUT2D eigenvalue weighted by molar-refractivity contribution is 7.99. The first-order valence-corrected chi connectivity index (χ1v) is 11.6. The van der Waals surface area contributed by atoms with Crippen LogP contribution >= 0.6 is 23.4 Å². The number of fused-ring (bicyclic) bond motifs is 2. The van der Waals surface area contributed by atoms with Crippen LogP contribution in [0.3, 0.4) is 0 Å². The molecular formula is C21H21ClN8S. The Morgan fingerprint density at radius 3 is 2.90 bits per heavy atom. The van der Waals surface area contributed by atoms with Crippen molar-refractivity contribution in [3.05, 3.63) is 35.4 Å². The molecule has 1 spiro atoms. The number of aromatic nitrogens is 6. The SMILES string of the molecule is CCc1[nH]c2nc(Sc3cnc4nccnc4c3)nc(N3CCC4(CC4N)C3)c2c1Cl. The zero-order valence-electron chi connectivity index (χ0n) is 17.0. The average molecular weight is 453 g/mol. The van der Waals surface area contributed by atoms with Gasteiger partial charge in [0.05, 0.1) is 10.4 Å². The van der Waals surface area contributed by atoms with Crippen LogP contribution in [0, 0.1) is 5.41 Å². The number of anilines is 1. The van der Waals surface area contributed by atoms with E-state index in [1.807, 2.05) is 6.07 Å². The van der Waals surface area contributed by atoms with E-state index < -0.39 is 0 Å². The Labute approximate surface area is 188 Å². The van der Waals surface area contributed by atoms with Crippen LogP contribution < -0.4 is 10.6 Å². The number of pyridine rings is 1. The lowest BCUT2D eigenvalue weighted by Crippen LogP contribution is -2.24. The predicted octanol–water partition coefficient (Wildman–Crippen LogP) is 3.59. The lowest BCUT2D eigenvalue weighted by molar-refractivity contribution is 0.553. The van der Waals surface area contributed by atoms with Gasteiger partial charge >= 0.3 is 0 Å². The van der Waals surface area contributed by atoms with E-state index >= 15 is 0 Å². The van der Waals surface area contributed by atoms with Gasteiger partial charge in [-0.05, 0) is 37.1 Å². The Hall–Kier alpha value is -2.49. The second kappa shape index (κ2) is 7.01. The highest BCUT2D eigenvalue weighted by atomic mass is 35.5. The maximum atomic E-state index is 6.74. The molecule has 0 aromatic carbocycles. The zero-order chi connectivity index (χ0) is 21.2. The van der Waals surface area contributed by atoms with E-state index in [-0.39, 0.29) is 5.41 Å². The van der Waals surface area contributed by atoms with Crippen molar-refractivity contribution in [3.8, 4) is 0 Å². The number of nitrogens with one attached hydrogen (secondary N) is 1. The third-order valence-electron chi connectivity index (χ3n) is 6.42. The molecule has 3 N–H and O–H groups in total. The van der Waals surface area contributed by atoms with Crippen molar-refractivity contribution >= 4 is 51.4 Å². The van der Waals surface area contributed by atoms with Crippen molar-refractivity contribution < 1.29 is 0 Å². The average Bonchev–Trinajstić information content (AvgIpc) is 3.09. The van der Waals surface area contributed by atoms with Crippen molar-refractivity contribution in [1.82, 2.24) is 29.9 Å². The van der Waals surface area contributed by atoms with Crippen molar-refractivity contribution in [2.45, 2.75) is 42.3 Å².